The monoisotopic (exact) mass is 289 g/mol. The van der Waals surface area contributed by atoms with Crippen LogP contribution in [-0.2, 0) is 20.7 Å². The number of rotatable bonds is 6. The maximum Gasteiger partial charge on any atom is 0.332 e. The number of ether oxygens (including phenoxy) is 1. The van der Waals surface area contributed by atoms with E-state index in [-0.39, 0.29) is 0 Å². The number of tetrazole rings is 1. The van der Waals surface area contributed by atoms with Gasteiger partial charge in [-0.2, -0.15) is 0 Å². The van der Waals surface area contributed by atoms with Crippen molar-refractivity contribution in [3.63, 3.8) is 0 Å². The molecule has 1 aromatic carbocycles. The number of primary amides is 1. The van der Waals surface area contributed by atoms with Crippen molar-refractivity contribution >= 4 is 11.9 Å². The molecule has 0 radical (unpaired) electrons. The molecule has 0 spiro atoms. The summed E-state index contributed by atoms with van der Waals surface area (Å²) >= 11 is 0. The Morgan fingerprint density at radius 2 is 2.05 bits per heavy atom. The molecule has 0 aliphatic heterocycles. The van der Waals surface area contributed by atoms with Crippen LogP contribution in [0.4, 0.5) is 0 Å². The van der Waals surface area contributed by atoms with E-state index in [1.807, 2.05) is 30.3 Å². The highest BCUT2D eigenvalue weighted by atomic mass is 16.5. The molecule has 2 atom stereocenters. The molecule has 110 valence electrons. The second-order valence-corrected chi connectivity index (χ2v) is 4.48. The van der Waals surface area contributed by atoms with E-state index in [1.54, 1.807) is 0 Å². The van der Waals surface area contributed by atoms with E-state index >= 15 is 0 Å². The van der Waals surface area contributed by atoms with Crippen molar-refractivity contribution in [2.75, 3.05) is 0 Å². The minimum Gasteiger partial charge on any atom is -0.451 e. The second kappa shape index (κ2) is 6.60. The van der Waals surface area contributed by atoms with Gasteiger partial charge in [0.05, 0.1) is 0 Å². The highest BCUT2D eigenvalue weighted by Crippen LogP contribution is 2.15. The first-order valence-corrected chi connectivity index (χ1v) is 6.34. The van der Waals surface area contributed by atoms with Gasteiger partial charge in [-0.05, 0) is 22.9 Å². The van der Waals surface area contributed by atoms with Gasteiger partial charge in [-0.25, -0.2) is 9.48 Å². The fourth-order valence-electron chi connectivity index (χ4n) is 1.74. The third kappa shape index (κ3) is 3.85. The molecule has 0 bridgehead atoms. The van der Waals surface area contributed by atoms with Gasteiger partial charge in [0, 0.05) is 6.42 Å². The smallest absolute Gasteiger partial charge is 0.332 e. The molecule has 2 aromatic rings. The molecular formula is C13H15N5O3. The number of hydrogen-bond acceptors (Lipinski definition) is 6. The Morgan fingerprint density at radius 1 is 1.33 bits per heavy atom. The molecule has 1 aromatic heterocycles. The minimum atomic E-state index is -1.01. The number of nitrogens with two attached hydrogens (primary N) is 1. The van der Waals surface area contributed by atoms with Crippen LogP contribution in [0.1, 0.15) is 18.5 Å². The number of nitrogens with zero attached hydrogens (tertiary/aromatic N) is 4. The van der Waals surface area contributed by atoms with Gasteiger partial charge in [-0.15, -0.1) is 5.10 Å². The minimum absolute atomic E-state index is 0.343. The normalized spacial score (nSPS) is 13.4. The van der Waals surface area contributed by atoms with E-state index in [2.05, 4.69) is 15.5 Å². The Kier molecular flexibility index (Phi) is 4.60. The van der Waals surface area contributed by atoms with Crippen LogP contribution in [-0.4, -0.2) is 38.2 Å². The van der Waals surface area contributed by atoms with Crippen molar-refractivity contribution in [1.29, 1.82) is 0 Å². The van der Waals surface area contributed by atoms with Gasteiger partial charge in [0.15, 0.2) is 12.1 Å². The first kappa shape index (κ1) is 14.6. The molecule has 21 heavy (non-hydrogen) atoms. The third-order valence-corrected chi connectivity index (χ3v) is 2.92. The highest BCUT2D eigenvalue weighted by Gasteiger charge is 2.26. The van der Waals surface area contributed by atoms with Crippen molar-refractivity contribution in [3.8, 4) is 0 Å². The number of carbonyl (C=O) groups is 2. The topological polar surface area (TPSA) is 113 Å². The van der Waals surface area contributed by atoms with Crippen LogP contribution < -0.4 is 5.73 Å². The van der Waals surface area contributed by atoms with E-state index < -0.39 is 24.0 Å². The van der Waals surface area contributed by atoms with Gasteiger partial charge in [0.25, 0.3) is 5.91 Å². The maximum atomic E-state index is 12.2. The summed E-state index contributed by atoms with van der Waals surface area (Å²) in [6.45, 7) is 1.42. The van der Waals surface area contributed by atoms with E-state index in [1.165, 1.54) is 17.9 Å². The summed E-state index contributed by atoms with van der Waals surface area (Å²) in [6.07, 6.45) is 0.659. The molecule has 0 saturated carbocycles. The lowest BCUT2D eigenvalue weighted by molar-refractivity contribution is -0.157. The van der Waals surface area contributed by atoms with Crippen molar-refractivity contribution in [2.24, 2.45) is 5.73 Å². The number of amides is 1. The molecule has 8 heteroatoms. The summed E-state index contributed by atoms with van der Waals surface area (Å²) in [7, 11) is 0. The average Bonchev–Trinajstić information content (AvgIpc) is 2.99. The van der Waals surface area contributed by atoms with Crippen LogP contribution in [0.3, 0.4) is 0 Å². The zero-order chi connectivity index (χ0) is 15.2. The Labute approximate surface area is 120 Å². The Morgan fingerprint density at radius 3 is 2.62 bits per heavy atom. The highest BCUT2D eigenvalue weighted by molar-refractivity contribution is 5.83. The van der Waals surface area contributed by atoms with E-state index in [0.717, 1.165) is 5.56 Å². The lowest BCUT2D eigenvalue weighted by atomic mass is 10.1. The Hall–Kier alpha value is -2.77. The van der Waals surface area contributed by atoms with Gasteiger partial charge in [0.2, 0.25) is 0 Å². The molecule has 8 nitrogen and oxygen atoms in total. The maximum absolute atomic E-state index is 12.2. The lowest BCUT2D eigenvalue weighted by Crippen LogP contribution is -2.34. The molecule has 0 unspecified atom stereocenters. The first-order valence-electron chi connectivity index (χ1n) is 6.34. The number of aromatic nitrogens is 4. The molecular weight excluding hydrogens is 274 g/mol. The van der Waals surface area contributed by atoms with Gasteiger partial charge >= 0.3 is 5.97 Å². The quantitative estimate of drug-likeness (QED) is 0.741. The fourth-order valence-corrected chi connectivity index (χ4v) is 1.74. The van der Waals surface area contributed by atoms with Gasteiger partial charge in [-0.3, -0.25) is 4.79 Å². The van der Waals surface area contributed by atoms with Crippen LogP contribution in [0.15, 0.2) is 36.7 Å². The van der Waals surface area contributed by atoms with Crippen LogP contribution >= 0.6 is 0 Å². The lowest BCUT2D eigenvalue weighted by Gasteiger charge is -2.17. The molecule has 1 amide bonds. The first-order chi connectivity index (χ1) is 10.1. The SMILES string of the molecule is C[C@H](OC(=O)[C@@H](Cc1ccccc1)n1cnnn1)C(N)=O. The molecule has 2 rings (SSSR count). The summed E-state index contributed by atoms with van der Waals surface area (Å²) in [6, 6.07) is 8.60. The molecule has 2 N–H and O–H groups in total. The van der Waals surface area contributed by atoms with Crippen LogP contribution in [0.5, 0.6) is 0 Å². The zero-order valence-corrected chi connectivity index (χ0v) is 11.4. The summed E-state index contributed by atoms with van der Waals surface area (Å²) in [5.41, 5.74) is 6.01. The van der Waals surface area contributed by atoms with Crippen molar-refractivity contribution in [1.82, 2.24) is 20.2 Å². The molecule has 1 heterocycles. The average molecular weight is 289 g/mol. The largest absolute Gasteiger partial charge is 0.451 e. The predicted molar refractivity (Wildman–Crippen MR) is 71.7 cm³/mol. The number of esters is 1. The number of benzene rings is 1. The molecule has 0 saturated heterocycles. The zero-order valence-electron chi connectivity index (χ0n) is 11.4. The van der Waals surface area contributed by atoms with E-state index in [4.69, 9.17) is 10.5 Å². The second-order valence-electron chi connectivity index (χ2n) is 4.48. The summed E-state index contributed by atoms with van der Waals surface area (Å²) in [5, 5.41) is 10.8. The van der Waals surface area contributed by atoms with Crippen molar-refractivity contribution < 1.29 is 14.3 Å². The third-order valence-electron chi connectivity index (χ3n) is 2.92. The Bertz CT molecular complexity index is 600. The Balaban J connectivity index is 2.17. The molecule has 0 aliphatic carbocycles. The van der Waals surface area contributed by atoms with E-state index in [9.17, 15) is 9.59 Å². The number of carbonyl (C=O) groups excluding carboxylic acids is 2. The van der Waals surface area contributed by atoms with E-state index in [0.29, 0.717) is 6.42 Å². The predicted octanol–water partition coefficient (Wildman–Crippen LogP) is -0.126. The van der Waals surface area contributed by atoms with Crippen LogP contribution in [0.2, 0.25) is 0 Å². The van der Waals surface area contributed by atoms with Crippen molar-refractivity contribution in [2.45, 2.75) is 25.5 Å². The van der Waals surface area contributed by atoms with Crippen LogP contribution in [0.25, 0.3) is 0 Å². The standard InChI is InChI=1S/C13H15N5O3/c1-9(12(14)19)21-13(20)11(18-8-15-16-17-18)7-10-5-3-2-4-6-10/h2-6,8-9,11H,7H2,1H3,(H2,14,19)/t9-,11+/m0/s1. The summed E-state index contributed by atoms with van der Waals surface area (Å²) < 4.78 is 6.33. The molecule has 0 fully saturated rings. The number of hydrogen-bond donors (Lipinski definition) is 1. The van der Waals surface area contributed by atoms with Gasteiger partial charge < -0.3 is 10.5 Å². The summed E-state index contributed by atoms with van der Waals surface area (Å²) in [5.74, 6) is -1.32. The van der Waals surface area contributed by atoms with Gasteiger partial charge in [0.1, 0.15) is 6.33 Å². The van der Waals surface area contributed by atoms with Crippen LogP contribution in [0, 0.1) is 0 Å². The van der Waals surface area contributed by atoms with Gasteiger partial charge in [-0.1, -0.05) is 30.3 Å². The summed E-state index contributed by atoms with van der Waals surface area (Å²) in [4.78, 5) is 23.2. The molecule has 0 aliphatic rings. The van der Waals surface area contributed by atoms with Crippen molar-refractivity contribution in [3.05, 3.63) is 42.2 Å². The fraction of sp³-hybridized carbons (Fsp3) is 0.308.